The maximum Gasteiger partial charge on any atom is 0.335 e. The number of carboxylic acid groups (broad SMARTS) is 1. The van der Waals surface area contributed by atoms with Gasteiger partial charge >= 0.3 is 5.97 Å². The van der Waals surface area contributed by atoms with Crippen LogP contribution in [-0.2, 0) is 11.3 Å². The summed E-state index contributed by atoms with van der Waals surface area (Å²) >= 11 is 1.24. The van der Waals surface area contributed by atoms with Crippen LogP contribution in [0.4, 0.5) is 5.69 Å². The Morgan fingerprint density at radius 2 is 1.77 bits per heavy atom. The molecule has 2 aromatic carbocycles. The molecule has 1 heterocycles. The number of rotatable bonds is 10. The van der Waals surface area contributed by atoms with Gasteiger partial charge < -0.3 is 20.3 Å². The largest absolute Gasteiger partial charge is 0.478 e. The normalized spacial score (nSPS) is 11.8. The Morgan fingerprint density at radius 1 is 1.06 bits per heavy atom. The highest BCUT2D eigenvalue weighted by molar-refractivity contribution is 7.99. The van der Waals surface area contributed by atoms with Gasteiger partial charge in [-0.25, -0.2) is 4.79 Å². The van der Waals surface area contributed by atoms with E-state index in [2.05, 4.69) is 20.8 Å². The van der Waals surface area contributed by atoms with Gasteiger partial charge in [0.15, 0.2) is 11.0 Å². The highest BCUT2D eigenvalue weighted by Crippen LogP contribution is 2.26. The number of aromatic nitrogens is 3. The molecular weight excluding hydrogens is 466 g/mol. The van der Waals surface area contributed by atoms with Gasteiger partial charge in [0.2, 0.25) is 5.91 Å². The molecule has 184 valence electrons. The summed E-state index contributed by atoms with van der Waals surface area (Å²) in [4.78, 5) is 36.3. The molecular formula is C25H29N5O4S. The minimum atomic E-state index is -1.03. The average molecular weight is 496 g/mol. The molecule has 2 amide bonds. The number of anilines is 1. The zero-order valence-electron chi connectivity index (χ0n) is 20.1. The van der Waals surface area contributed by atoms with Gasteiger partial charge in [0.1, 0.15) is 0 Å². The second-order valence-electron chi connectivity index (χ2n) is 8.37. The molecule has 0 radical (unpaired) electrons. The summed E-state index contributed by atoms with van der Waals surface area (Å²) in [6, 6.07) is 13.0. The number of carbonyl (C=O) groups excluding carboxylic acids is 2. The monoisotopic (exact) mass is 495 g/mol. The van der Waals surface area contributed by atoms with E-state index in [4.69, 9.17) is 5.11 Å². The Hall–Kier alpha value is -3.66. The first kappa shape index (κ1) is 26.0. The fourth-order valence-electron chi connectivity index (χ4n) is 3.50. The van der Waals surface area contributed by atoms with Crippen LogP contribution in [0.1, 0.15) is 58.9 Å². The van der Waals surface area contributed by atoms with E-state index in [-0.39, 0.29) is 35.1 Å². The van der Waals surface area contributed by atoms with Crippen molar-refractivity contribution in [3.05, 3.63) is 71.0 Å². The van der Waals surface area contributed by atoms with Gasteiger partial charge in [-0.2, -0.15) is 0 Å². The van der Waals surface area contributed by atoms with E-state index in [1.165, 1.54) is 23.9 Å². The number of benzene rings is 2. The van der Waals surface area contributed by atoms with Gasteiger partial charge in [0.25, 0.3) is 5.91 Å². The summed E-state index contributed by atoms with van der Waals surface area (Å²) < 4.78 is 1.90. The van der Waals surface area contributed by atoms with E-state index >= 15 is 0 Å². The zero-order valence-corrected chi connectivity index (χ0v) is 20.9. The average Bonchev–Trinajstić information content (AvgIpc) is 3.23. The molecule has 3 rings (SSSR count). The standard InChI is InChI=1S/C25H29N5O4S/c1-5-30-22(21(15(2)3)27-23(32)18-8-6-7-16(4)13-18)28-29-25(30)35-14-20(31)26-19-11-9-17(10-12-19)24(33)34/h6-13,15,21H,5,14H2,1-4H3,(H,26,31)(H,27,32)(H,33,34)/t21-/m1/s1. The molecule has 0 aliphatic heterocycles. The van der Waals surface area contributed by atoms with Crippen molar-refractivity contribution in [1.29, 1.82) is 0 Å². The second kappa shape index (κ2) is 11.7. The Bertz CT molecular complexity index is 1210. The third kappa shape index (κ3) is 6.69. The number of thioether (sulfide) groups is 1. The molecule has 10 heteroatoms. The van der Waals surface area contributed by atoms with Gasteiger partial charge in [-0.15, -0.1) is 10.2 Å². The quantitative estimate of drug-likeness (QED) is 0.361. The lowest BCUT2D eigenvalue weighted by atomic mass is 10.0. The molecule has 1 aromatic heterocycles. The summed E-state index contributed by atoms with van der Waals surface area (Å²) in [7, 11) is 0. The Labute approximate surface area is 208 Å². The molecule has 0 spiro atoms. The molecule has 0 aliphatic carbocycles. The van der Waals surface area contributed by atoms with Crippen molar-refractivity contribution in [2.75, 3.05) is 11.1 Å². The van der Waals surface area contributed by atoms with Gasteiger partial charge in [-0.05, 0) is 56.2 Å². The lowest BCUT2D eigenvalue weighted by Gasteiger charge is -2.22. The maximum atomic E-state index is 12.9. The Balaban J connectivity index is 1.68. The van der Waals surface area contributed by atoms with E-state index in [1.807, 2.05) is 50.5 Å². The summed E-state index contributed by atoms with van der Waals surface area (Å²) in [5.74, 6) is -0.661. The van der Waals surface area contributed by atoms with Gasteiger partial charge in [-0.1, -0.05) is 43.3 Å². The first-order chi connectivity index (χ1) is 16.7. The van der Waals surface area contributed by atoms with E-state index in [0.717, 1.165) is 5.56 Å². The molecule has 0 fully saturated rings. The van der Waals surface area contributed by atoms with Gasteiger partial charge in [-0.3, -0.25) is 9.59 Å². The topological polar surface area (TPSA) is 126 Å². The minimum Gasteiger partial charge on any atom is -0.478 e. The molecule has 9 nitrogen and oxygen atoms in total. The maximum absolute atomic E-state index is 12.9. The number of carboxylic acids is 1. The fourth-order valence-corrected chi connectivity index (χ4v) is 4.31. The summed E-state index contributed by atoms with van der Waals surface area (Å²) in [5, 5.41) is 24.0. The SMILES string of the molecule is CCn1c(SCC(=O)Nc2ccc(C(=O)O)cc2)nnc1[C@H](NC(=O)c1cccc(C)c1)C(C)C. The lowest BCUT2D eigenvalue weighted by molar-refractivity contribution is -0.113. The molecule has 0 saturated heterocycles. The molecule has 3 N–H and O–H groups in total. The van der Waals surface area contributed by atoms with Crippen LogP contribution < -0.4 is 10.6 Å². The van der Waals surface area contributed by atoms with Crippen molar-refractivity contribution >= 4 is 35.2 Å². The van der Waals surface area contributed by atoms with Crippen LogP contribution in [0.3, 0.4) is 0 Å². The second-order valence-corrected chi connectivity index (χ2v) is 9.31. The molecule has 0 saturated carbocycles. The number of nitrogens with one attached hydrogen (secondary N) is 2. The molecule has 3 aromatic rings. The van der Waals surface area contributed by atoms with Crippen molar-refractivity contribution < 1.29 is 19.5 Å². The number of hydrogen-bond acceptors (Lipinski definition) is 6. The predicted octanol–water partition coefficient (Wildman–Crippen LogP) is 4.16. The number of aryl methyl sites for hydroxylation is 1. The summed E-state index contributed by atoms with van der Waals surface area (Å²) in [5.41, 5.74) is 2.25. The van der Waals surface area contributed by atoms with Crippen molar-refractivity contribution in [3.8, 4) is 0 Å². The van der Waals surface area contributed by atoms with E-state index < -0.39 is 5.97 Å². The van der Waals surface area contributed by atoms with Crippen LogP contribution in [0.25, 0.3) is 0 Å². The number of aromatic carboxylic acids is 1. The number of hydrogen-bond donors (Lipinski definition) is 3. The number of carbonyl (C=O) groups is 3. The minimum absolute atomic E-state index is 0.0631. The first-order valence-electron chi connectivity index (χ1n) is 11.3. The van der Waals surface area contributed by atoms with E-state index in [0.29, 0.717) is 28.8 Å². The van der Waals surface area contributed by atoms with E-state index in [9.17, 15) is 14.4 Å². The van der Waals surface area contributed by atoms with Crippen molar-refractivity contribution in [2.45, 2.75) is 45.4 Å². The number of nitrogens with zero attached hydrogens (tertiary/aromatic N) is 3. The van der Waals surface area contributed by atoms with Crippen LogP contribution >= 0.6 is 11.8 Å². The van der Waals surface area contributed by atoms with Crippen LogP contribution in [0, 0.1) is 12.8 Å². The van der Waals surface area contributed by atoms with Gasteiger partial charge in [0, 0.05) is 17.8 Å². The molecule has 35 heavy (non-hydrogen) atoms. The van der Waals surface area contributed by atoms with Crippen LogP contribution in [-0.4, -0.2) is 43.4 Å². The predicted molar refractivity (Wildman–Crippen MR) is 135 cm³/mol. The van der Waals surface area contributed by atoms with Crippen LogP contribution in [0.15, 0.2) is 53.7 Å². The molecule has 0 aliphatic rings. The summed E-state index contributed by atoms with van der Waals surface area (Å²) in [6.45, 7) is 8.49. The third-order valence-corrected chi connectivity index (χ3v) is 6.29. The first-order valence-corrected chi connectivity index (χ1v) is 12.2. The summed E-state index contributed by atoms with van der Waals surface area (Å²) in [6.07, 6.45) is 0. The lowest BCUT2D eigenvalue weighted by Crippen LogP contribution is -2.33. The Kier molecular flexibility index (Phi) is 8.64. The zero-order chi connectivity index (χ0) is 25.5. The van der Waals surface area contributed by atoms with Crippen LogP contribution in [0.5, 0.6) is 0 Å². The molecule has 0 bridgehead atoms. The van der Waals surface area contributed by atoms with Crippen LogP contribution in [0.2, 0.25) is 0 Å². The molecule has 1 atom stereocenters. The van der Waals surface area contributed by atoms with E-state index in [1.54, 1.807) is 18.2 Å². The molecule has 0 unspecified atom stereocenters. The third-order valence-electron chi connectivity index (χ3n) is 5.32. The fraction of sp³-hybridized carbons (Fsp3) is 0.320. The highest BCUT2D eigenvalue weighted by atomic mass is 32.2. The highest BCUT2D eigenvalue weighted by Gasteiger charge is 2.26. The van der Waals surface area contributed by atoms with Gasteiger partial charge in [0.05, 0.1) is 17.4 Å². The van der Waals surface area contributed by atoms with Crippen molar-refractivity contribution in [2.24, 2.45) is 5.92 Å². The Morgan fingerprint density at radius 3 is 2.37 bits per heavy atom. The van der Waals surface area contributed by atoms with Crippen molar-refractivity contribution in [1.82, 2.24) is 20.1 Å². The van der Waals surface area contributed by atoms with Crippen molar-refractivity contribution in [3.63, 3.8) is 0 Å². The smallest absolute Gasteiger partial charge is 0.335 e. The number of amides is 2.